The first-order valence-electron chi connectivity index (χ1n) is 5.64. The summed E-state index contributed by atoms with van der Waals surface area (Å²) < 4.78 is 3.31. The maximum atomic E-state index is 11.1. The minimum atomic E-state index is -0.856. The Bertz CT molecular complexity index is 643. The molecule has 0 amide bonds. The number of hydrogen-bond donors (Lipinski definition) is 1. The number of rotatable bonds is 1. The van der Waals surface area contributed by atoms with Gasteiger partial charge in [-0.25, -0.2) is 4.79 Å². The van der Waals surface area contributed by atoms with Crippen molar-refractivity contribution in [1.82, 2.24) is 4.57 Å². The van der Waals surface area contributed by atoms with Gasteiger partial charge in [0.1, 0.15) is 0 Å². The van der Waals surface area contributed by atoms with E-state index in [-0.39, 0.29) is 0 Å². The quantitative estimate of drug-likeness (QED) is 0.876. The average Bonchev–Trinajstić information content (AvgIpc) is 2.57. The van der Waals surface area contributed by atoms with Gasteiger partial charge in [0.15, 0.2) is 0 Å². The molecule has 0 aliphatic carbocycles. The smallest absolute Gasteiger partial charge is 0.335 e. The minimum Gasteiger partial charge on any atom is -0.478 e. The van der Waals surface area contributed by atoms with Gasteiger partial charge in [0.25, 0.3) is 0 Å². The van der Waals surface area contributed by atoms with Crippen molar-refractivity contribution in [1.29, 1.82) is 0 Å². The summed E-state index contributed by atoms with van der Waals surface area (Å²) in [5.41, 5.74) is 3.92. The van der Waals surface area contributed by atoms with Gasteiger partial charge in [-0.3, -0.25) is 0 Å². The highest BCUT2D eigenvalue weighted by Crippen LogP contribution is 2.36. The Hall–Kier alpha value is -1.29. The Morgan fingerprint density at radius 3 is 2.94 bits per heavy atom. The molecular formula is C13H12BrNO2. The fourth-order valence-electron chi connectivity index (χ4n) is 2.68. The molecule has 0 saturated heterocycles. The van der Waals surface area contributed by atoms with E-state index in [9.17, 15) is 4.79 Å². The van der Waals surface area contributed by atoms with Crippen LogP contribution in [0.1, 0.15) is 28.0 Å². The Kier molecular flexibility index (Phi) is 2.30. The number of nitrogens with zero attached hydrogens (tertiary/aromatic N) is 1. The molecule has 0 fully saturated rings. The Morgan fingerprint density at radius 1 is 1.47 bits per heavy atom. The summed E-state index contributed by atoms with van der Waals surface area (Å²) >= 11 is 3.57. The molecule has 3 rings (SSSR count). The molecule has 88 valence electrons. The minimum absolute atomic E-state index is 0.382. The molecule has 1 N–H and O–H groups in total. The Balaban J connectivity index is 2.45. The maximum absolute atomic E-state index is 11.1. The van der Waals surface area contributed by atoms with Gasteiger partial charge >= 0.3 is 5.97 Å². The standard InChI is InChI=1S/C13H12BrNO2/c1-7-11(14)10-6-9(13(16)17)5-8-3-2-4-15(7)12(8)10/h5-6H,2-4H2,1H3,(H,16,17). The molecule has 0 radical (unpaired) electrons. The highest BCUT2D eigenvalue weighted by atomic mass is 79.9. The summed E-state index contributed by atoms with van der Waals surface area (Å²) in [6, 6.07) is 3.58. The number of aromatic nitrogens is 1. The van der Waals surface area contributed by atoms with Crippen molar-refractivity contribution in [3.8, 4) is 0 Å². The fourth-order valence-corrected chi connectivity index (χ4v) is 3.20. The lowest BCUT2D eigenvalue weighted by molar-refractivity contribution is 0.0697. The summed E-state index contributed by atoms with van der Waals surface area (Å²) in [4.78, 5) is 11.1. The van der Waals surface area contributed by atoms with Crippen molar-refractivity contribution in [2.45, 2.75) is 26.3 Å². The molecule has 1 aromatic heterocycles. The normalized spacial score (nSPS) is 14.2. The second-order valence-electron chi connectivity index (χ2n) is 4.49. The topological polar surface area (TPSA) is 42.2 Å². The van der Waals surface area contributed by atoms with E-state index in [4.69, 9.17) is 5.11 Å². The summed E-state index contributed by atoms with van der Waals surface area (Å²) in [5, 5.41) is 10.2. The number of benzene rings is 1. The third-order valence-electron chi connectivity index (χ3n) is 3.49. The molecule has 0 unspecified atom stereocenters. The van der Waals surface area contributed by atoms with Gasteiger partial charge in [-0.15, -0.1) is 0 Å². The van der Waals surface area contributed by atoms with Crippen LogP contribution in [0.3, 0.4) is 0 Å². The number of carboxylic acid groups (broad SMARTS) is 1. The molecule has 1 aliphatic heterocycles. The molecule has 1 aliphatic rings. The van der Waals surface area contributed by atoms with Gasteiger partial charge in [-0.2, -0.15) is 0 Å². The lowest BCUT2D eigenvalue weighted by atomic mass is 10.0. The Morgan fingerprint density at radius 2 is 2.24 bits per heavy atom. The van der Waals surface area contributed by atoms with Crippen molar-refractivity contribution >= 4 is 32.8 Å². The van der Waals surface area contributed by atoms with Crippen LogP contribution in [0.15, 0.2) is 16.6 Å². The van der Waals surface area contributed by atoms with Crippen LogP contribution in [-0.4, -0.2) is 15.6 Å². The number of carboxylic acids is 1. The molecule has 2 aromatic rings. The molecule has 0 spiro atoms. The SMILES string of the molecule is Cc1c(Br)c2cc(C(=O)O)cc3c2n1CCC3. The molecule has 2 heterocycles. The van der Waals surface area contributed by atoms with Crippen LogP contribution < -0.4 is 0 Å². The van der Waals surface area contributed by atoms with E-state index in [0.717, 1.165) is 34.8 Å². The first-order chi connectivity index (χ1) is 8.09. The molecule has 3 nitrogen and oxygen atoms in total. The van der Waals surface area contributed by atoms with E-state index in [2.05, 4.69) is 27.4 Å². The zero-order chi connectivity index (χ0) is 12.2. The third-order valence-corrected chi connectivity index (χ3v) is 4.49. The molecular weight excluding hydrogens is 282 g/mol. The van der Waals surface area contributed by atoms with Gasteiger partial charge in [0.2, 0.25) is 0 Å². The van der Waals surface area contributed by atoms with E-state index in [1.807, 2.05) is 6.07 Å². The van der Waals surface area contributed by atoms with Crippen LogP contribution in [0.4, 0.5) is 0 Å². The van der Waals surface area contributed by atoms with Gasteiger partial charge in [0, 0.05) is 22.1 Å². The summed E-state index contributed by atoms with van der Waals surface area (Å²) in [7, 11) is 0. The van der Waals surface area contributed by atoms with E-state index in [1.165, 1.54) is 11.2 Å². The van der Waals surface area contributed by atoms with Gasteiger partial charge in [-0.1, -0.05) is 0 Å². The monoisotopic (exact) mass is 293 g/mol. The van der Waals surface area contributed by atoms with E-state index in [1.54, 1.807) is 6.07 Å². The first kappa shape index (κ1) is 10.8. The summed E-state index contributed by atoms with van der Waals surface area (Å²) in [6.07, 6.45) is 2.04. The first-order valence-corrected chi connectivity index (χ1v) is 6.43. The van der Waals surface area contributed by atoms with Crippen LogP contribution in [-0.2, 0) is 13.0 Å². The second-order valence-corrected chi connectivity index (χ2v) is 5.28. The highest BCUT2D eigenvalue weighted by molar-refractivity contribution is 9.10. The summed E-state index contributed by atoms with van der Waals surface area (Å²) in [5.74, 6) is -0.856. The molecule has 4 heteroatoms. The number of hydrogen-bond acceptors (Lipinski definition) is 1. The molecule has 0 bridgehead atoms. The van der Waals surface area contributed by atoms with Crippen LogP contribution >= 0.6 is 15.9 Å². The number of carbonyl (C=O) groups is 1. The van der Waals surface area contributed by atoms with Gasteiger partial charge in [-0.05, 0) is 53.4 Å². The van der Waals surface area contributed by atoms with Crippen LogP contribution in [0.5, 0.6) is 0 Å². The number of aromatic carboxylic acids is 1. The van der Waals surface area contributed by atoms with Crippen molar-refractivity contribution in [2.24, 2.45) is 0 Å². The fraction of sp³-hybridized carbons (Fsp3) is 0.308. The highest BCUT2D eigenvalue weighted by Gasteiger charge is 2.20. The molecule has 1 aromatic carbocycles. The van der Waals surface area contributed by atoms with E-state index < -0.39 is 5.97 Å². The molecule has 17 heavy (non-hydrogen) atoms. The largest absolute Gasteiger partial charge is 0.478 e. The Labute approximate surface area is 107 Å². The zero-order valence-corrected chi connectivity index (χ0v) is 11.0. The van der Waals surface area contributed by atoms with Crippen LogP contribution in [0.2, 0.25) is 0 Å². The van der Waals surface area contributed by atoms with Crippen molar-refractivity contribution in [2.75, 3.05) is 0 Å². The van der Waals surface area contributed by atoms with Crippen molar-refractivity contribution in [3.63, 3.8) is 0 Å². The van der Waals surface area contributed by atoms with Crippen molar-refractivity contribution < 1.29 is 9.90 Å². The molecule has 0 atom stereocenters. The van der Waals surface area contributed by atoms with Crippen LogP contribution in [0, 0.1) is 6.92 Å². The predicted molar refractivity (Wildman–Crippen MR) is 69.7 cm³/mol. The second kappa shape index (κ2) is 3.60. The predicted octanol–water partition coefficient (Wildman–Crippen LogP) is 3.36. The van der Waals surface area contributed by atoms with Gasteiger partial charge < -0.3 is 9.67 Å². The van der Waals surface area contributed by atoms with E-state index in [0.29, 0.717) is 5.56 Å². The zero-order valence-electron chi connectivity index (χ0n) is 9.46. The number of aryl methyl sites for hydroxylation is 2. The number of halogens is 1. The van der Waals surface area contributed by atoms with E-state index >= 15 is 0 Å². The molecule has 0 saturated carbocycles. The lowest BCUT2D eigenvalue weighted by Gasteiger charge is -2.17. The van der Waals surface area contributed by atoms with Gasteiger partial charge in [0.05, 0.1) is 11.1 Å². The average molecular weight is 294 g/mol. The summed E-state index contributed by atoms with van der Waals surface area (Å²) in [6.45, 7) is 3.09. The lowest BCUT2D eigenvalue weighted by Crippen LogP contribution is -2.09. The maximum Gasteiger partial charge on any atom is 0.335 e. The third kappa shape index (κ3) is 1.43. The van der Waals surface area contributed by atoms with Crippen LogP contribution in [0.25, 0.3) is 10.9 Å². The van der Waals surface area contributed by atoms with Crippen molar-refractivity contribution in [3.05, 3.63) is 33.4 Å².